The van der Waals surface area contributed by atoms with Crippen molar-refractivity contribution < 1.29 is 8.42 Å². The van der Waals surface area contributed by atoms with E-state index in [1.54, 1.807) is 12.3 Å². The van der Waals surface area contributed by atoms with Gasteiger partial charge in [-0.1, -0.05) is 0 Å². The number of nitrogens with zero attached hydrogens (tertiary/aromatic N) is 1. The number of hydrogen-bond donors (Lipinski definition) is 3. The molecule has 20 heavy (non-hydrogen) atoms. The van der Waals surface area contributed by atoms with Crippen LogP contribution in [0.3, 0.4) is 0 Å². The van der Waals surface area contributed by atoms with Crippen LogP contribution in [0.1, 0.15) is 23.5 Å². The fourth-order valence-corrected chi connectivity index (χ4v) is 3.45. The van der Waals surface area contributed by atoms with E-state index in [0.717, 1.165) is 10.7 Å². The van der Waals surface area contributed by atoms with Crippen LogP contribution in [0.15, 0.2) is 28.7 Å². The van der Waals surface area contributed by atoms with E-state index in [0.29, 0.717) is 12.6 Å². The van der Waals surface area contributed by atoms with E-state index >= 15 is 0 Å². The molecule has 1 aliphatic carbocycles. The van der Waals surface area contributed by atoms with Gasteiger partial charge in [-0.3, -0.25) is 0 Å². The van der Waals surface area contributed by atoms with Gasteiger partial charge in [0.25, 0.3) is 0 Å². The minimum absolute atomic E-state index is 0.223. The first-order valence-corrected chi connectivity index (χ1v) is 8.78. The van der Waals surface area contributed by atoms with Crippen LogP contribution in [-0.2, 0) is 23.1 Å². The Kier molecular flexibility index (Phi) is 3.88. The summed E-state index contributed by atoms with van der Waals surface area (Å²) < 4.78 is 26.8. The SMILES string of the molecule is O=S(=O)(NCc1nccs1)c1c[nH]c(CNC2CC2)c1. The minimum Gasteiger partial charge on any atom is -0.363 e. The maximum Gasteiger partial charge on any atom is 0.242 e. The molecule has 0 aliphatic heterocycles. The number of hydrogen-bond acceptors (Lipinski definition) is 5. The third kappa shape index (κ3) is 3.45. The van der Waals surface area contributed by atoms with Crippen molar-refractivity contribution in [2.75, 3.05) is 0 Å². The van der Waals surface area contributed by atoms with Crippen molar-refractivity contribution in [1.29, 1.82) is 0 Å². The number of aromatic amines is 1. The molecular formula is C12H16N4O2S2. The third-order valence-electron chi connectivity index (χ3n) is 3.08. The van der Waals surface area contributed by atoms with Gasteiger partial charge < -0.3 is 10.3 Å². The fourth-order valence-electron chi connectivity index (χ4n) is 1.80. The summed E-state index contributed by atoms with van der Waals surface area (Å²) in [6, 6.07) is 2.26. The van der Waals surface area contributed by atoms with E-state index in [4.69, 9.17) is 0 Å². The smallest absolute Gasteiger partial charge is 0.242 e. The van der Waals surface area contributed by atoms with E-state index in [1.807, 2.05) is 5.38 Å². The molecule has 1 aliphatic rings. The lowest BCUT2D eigenvalue weighted by Gasteiger charge is -2.02. The Morgan fingerprint density at radius 2 is 2.25 bits per heavy atom. The maximum atomic E-state index is 12.1. The van der Waals surface area contributed by atoms with Gasteiger partial charge in [-0.2, -0.15) is 0 Å². The van der Waals surface area contributed by atoms with E-state index < -0.39 is 10.0 Å². The molecule has 0 spiro atoms. The molecular weight excluding hydrogens is 296 g/mol. The lowest BCUT2D eigenvalue weighted by Crippen LogP contribution is -2.22. The largest absolute Gasteiger partial charge is 0.363 e. The molecule has 8 heteroatoms. The summed E-state index contributed by atoms with van der Waals surface area (Å²) in [6.45, 7) is 0.896. The first-order valence-electron chi connectivity index (χ1n) is 6.42. The molecule has 2 aromatic rings. The number of sulfonamides is 1. The highest BCUT2D eigenvalue weighted by molar-refractivity contribution is 7.89. The van der Waals surface area contributed by atoms with Crippen molar-refractivity contribution in [2.45, 2.75) is 36.9 Å². The van der Waals surface area contributed by atoms with Crippen LogP contribution in [-0.4, -0.2) is 24.4 Å². The first-order chi connectivity index (χ1) is 9.63. The molecule has 2 heterocycles. The van der Waals surface area contributed by atoms with Crippen LogP contribution in [0.2, 0.25) is 0 Å². The van der Waals surface area contributed by atoms with Gasteiger partial charge in [-0.05, 0) is 18.9 Å². The lowest BCUT2D eigenvalue weighted by molar-refractivity contribution is 0.581. The first kappa shape index (κ1) is 13.7. The number of nitrogens with one attached hydrogen (secondary N) is 3. The Morgan fingerprint density at radius 1 is 1.40 bits per heavy atom. The molecule has 0 bridgehead atoms. The molecule has 1 fully saturated rings. The highest BCUT2D eigenvalue weighted by atomic mass is 32.2. The molecule has 3 rings (SSSR count). The average molecular weight is 312 g/mol. The Bertz CT molecular complexity index is 659. The van der Waals surface area contributed by atoms with Gasteiger partial charge in [-0.15, -0.1) is 11.3 Å². The molecule has 2 aromatic heterocycles. The molecule has 0 amide bonds. The second-order valence-corrected chi connectivity index (χ2v) is 7.51. The van der Waals surface area contributed by atoms with Gasteiger partial charge >= 0.3 is 0 Å². The van der Waals surface area contributed by atoms with Crippen molar-refractivity contribution >= 4 is 21.4 Å². The Labute approximate surface area is 121 Å². The van der Waals surface area contributed by atoms with Crippen molar-refractivity contribution in [3.8, 4) is 0 Å². The number of aromatic nitrogens is 2. The Hall–Kier alpha value is -1.22. The monoisotopic (exact) mass is 312 g/mol. The highest BCUT2D eigenvalue weighted by Crippen LogP contribution is 2.19. The van der Waals surface area contributed by atoms with Gasteiger partial charge in [0.15, 0.2) is 0 Å². The minimum atomic E-state index is -3.48. The van der Waals surface area contributed by atoms with Crippen LogP contribution in [0.25, 0.3) is 0 Å². The van der Waals surface area contributed by atoms with Gasteiger partial charge in [0.2, 0.25) is 10.0 Å². The fraction of sp³-hybridized carbons (Fsp3) is 0.417. The summed E-state index contributed by atoms with van der Waals surface area (Å²) in [5.41, 5.74) is 0.881. The topological polar surface area (TPSA) is 86.9 Å². The number of thiazole rings is 1. The highest BCUT2D eigenvalue weighted by Gasteiger charge is 2.21. The van der Waals surface area contributed by atoms with Crippen LogP contribution >= 0.6 is 11.3 Å². The van der Waals surface area contributed by atoms with Crippen molar-refractivity contribution in [2.24, 2.45) is 0 Å². The molecule has 3 N–H and O–H groups in total. The molecule has 0 aromatic carbocycles. The molecule has 0 atom stereocenters. The van der Waals surface area contributed by atoms with Gasteiger partial charge in [0, 0.05) is 36.1 Å². The zero-order valence-corrected chi connectivity index (χ0v) is 12.4. The predicted octanol–water partition coefficient (Wildman–Crippen LogP) is 1.20. The summed E-state index contributed by atoms with van der Waals surface area (Å²) in [4.78, 5) is 7.31. The van der Waals surface area contributed by atoms with Crippen LogP contribution in [0.5, 0.6) is 0 Å². The van der Waals surface area contributed by atoms with Crippen molar-refractivity contribution in [3.05, 3.63) is 34.5 Å². The van der Waals surface area contributed by atoms with Gasteiger partial charge in [-0.25, -0.2) is 18.1 Å². The van der Waals surface area contributed by atoms with Crippen LogP contribution < -0.4 is 10.0 Å². The molecule has 108 valence electrons. The van der Waals surface area contributed by atoms with Gasteiger partial charge in [0.1, 0.15) is 5.01 Å². The zero-order valence-electron chi connectivity index (χ0n) is 10.8. The van der Waals surface area contributed by atoms with Crippen LogP contribution in [0.4, 0.5) is 0 Å². The molecule has 6 nitrogen and oxygen atoms in total. The third-order valence-corrected chi connectivity index (χ3v) is 5.24. The summed E-state index contributed by atoms with van der Waals surface area (Å²) in [6.07, 6.45) is 5.60. The summed E-state index contributed by atoms with van der Waals surface area (Å²) in [7, 11) is -3.48. The average Bonchev–Trinajstić information content (AvgIpc) is 2.94. The number of H-pyrrole nitrogens is 1. The van der Waals surface area contributed by atoms with E-state index in [-0.39, 0.29) is 11.4 Å². The van der Waals surface area contributed by atoms with E-state index in [9.17, 15) is 8.42 Å². The van der Waals surface area contributed by atoms with Gasteiger partial charge in [0.05, 0.1) is 11.4 Å². The molecule has 0 unspecified atom stereocenters. The second kappa shape index (κ2) is 5.65. The lowest BCUT2D eigenvalue weighted by atomic mass is 10.4. The predicted molar refractivity (Wildman–Crippen MR) is 76.8 cm³/mol. The molecule has 1 saturated carbocycles. The summed E-state index contributed by atoms with van der Waals surface area (Å²) in [5.74, 6) is 0. The number of rotatable bonds is 7. The zero-order chi connectivity index (χ0) is 14.0. The van der Waals surface area contributed by atoms with E-state index in [1.165, 1.54) is 30.4 Å². The van der Waals surface area contributed by atoms with Crippen molar-refractivity contribution in [1.82, 2.24) is 20.0 Å². The summed E-state index contributed by atoms with van der Waals surface area (Å²) >= 11 is 1.43. The van der Waals surface area contributed by atoms with Crippen LogP contribution in [0, 0.1) is 0 Å². The Balaban J connectivity index is 1.61. The molecule has 0 saturated heterocycles. The second-order valence-electron chi connectivity index (χ2n) is 4.77. The van der Waals surface area contributed by atoms with Crippen molar-refractivity contribution in [3.63, 3.8) is 0 Å². The molecule has 0 radical (unpaired) electrons. The quantitative estimate of drug-likeness (QED) is 0.717. The standard InChI is InChI=1S/C12H16N4O2S2/c17-20(18,16-8-12-13-3-4-19-12)11-5-10(15-7-11)6-14-9-1-2-9/h3-5,7,9,14-16H,1-2,6,8H2. The van der Waals surface area contributed by atoms with E-state index in [2.05, 4.69) is 20.0 Å². The normalized spacial score (nSPS) is 15.6. The Morgan fingerprint density at radius 3 is 2.95 bits per heavy atom. The summed E-state index contributed by atoms with van der Waals surface area (Å²) in [5, 5.41) is 5.91. The maximum absolute atomic E-state index is 12.1.